The number of nitrogens with zero attached hydrogens (tertiary/aromatic N) is 1. The molecule has 0 bridgehead atoms. The minimum Gasteiger partial charge on any atom is -0.310 e. The smallest absolute Gasteiger partial charge is 0.0467 e. The Morgan fingerprint density at radius 2 is 0.759 bits per heavy atom. The standard InChI is InChI=1S/C56H37NS/c1-3-20-48-39(12-1)14-9-23-50(48)43-17-7-16-42(36-43)38-28-32-45(33-29-38)57(47-19-8-18-44(37-47)51-24-10-15-40-13-2-4-21-49(40)51)46-34-30-41(31-35-46)52-25-11-27-55-56(52)53-22-5-6-26-54(53)58-55/h1-37H. The van der Waals surface area contributed by atoms with Crippen LogP contribution in [0, 0.1) is 0 Å². The van der Waals surface area contributed by atoms with Crippen molar-refractivity contribution >= 4 is 70.1 Å². The molecule has 0 spiro atoms. The molecular formula is C56H37NS. The van der Waals surface area contributed by atoms with E-state index >= 15 is 0 Å². The maximum Gasteiger partial charge on any atom is 0.0467 e. The van der Waals surface area contributed by atoms with E-state index in [0.717, 1.165) is 17.1 Å². The molecule has 0 aliphatic rings. The molecule has 2 heteroatoms. The van der Waals surface area contributed by atoms with Crippen LogP contribution < -0.4 is 4.90 Å². The average molecular weight is 756 g/mol. The van der Waals surface area contributed by atoms with Gasteiger partial charge in [0.05, 0.1) is 0 Å². The van der Waals surface area contributed by atoms with Crippen LogP contribution >= 0.6 is 11.3 Å². The first-order chi connectivity index (χ1) is 28.7. The quantitative estimate of drug-likeness (QED) is 0.157. The predicted octanol–water partition coefficient (Wildman–Crippen LogP) is 16.5. The summed E-state index contributed by atoms with van der Waals surface area (Å²) in [5.41, 5.74) is 13.1. The van der Waals surface area contributed by atoms with Crippen molar-refractivity contribution in [2.75, 3.05) is 4.90 Å². The third-order valence-electron chi connectivity index (χ3n) is 11.5. The van der Waals surface area contributed by atoms with Gasteiger partial charge in [0.25, 0.3) is 0 Å². The van der Waals surface area contributed by atoms with Gasteiger partial charge in [-0.15, -0.1) is 11.3 Å². The van der Waals surface area contributed by atoms with E-state index in [1.54, 1.807) is 0 Å². The Labute approximate surface area is 342 Å². The third-order valence-corrected chi connectivity index (χ3v) is 12.6. The lowest BCUT2D eigenvalue weighted by Gasteiger charge is -2.26. The summed E-state index contributed by atoms with van der Waals surface area (Å²) in [4.78, 5) is 2.38. The maximum absolute atomic E-state index is 2.38. The Bertz CT molecular complexity index is 3270. The highest BCUT2D eigenvalue weighted by Crippen LogP contribution is 2.43. The number of thiophene rings is 1. The zero-order valence-corrected chi connectivity index (χ0v) is 32.5. The lowest BCUT2D eigenvalue weighted by atomic mass is 9.95. The van der Waals surface area contributed by atoms with Crippen molar-refractivity contribution in [3.63, 3.8) is 0 Å². The van der Waals surface area contributed by atoms with Gasteiger partial charge >= 0.3 is 0 Å². The van der Waals surface area contributed by atoms with E-state index in [1.807, 2.05) is 11.3 Å². The second-order valence-corrected chi connectivity index (χ2v) is 16.0. The van der Waals surface area contributed by atoms with Gasteiger partial charge in [-0.2, -0.15) is 0 Å². The number of fused-ring (bicyclic) bond motifs is 5. The number of hydrogen-bond donors (Lipinski definition) is 0. The summed E-state index contributed by atoms with van der Waals surface area (Å²) in [7, 11) is 0. The van der Waals surface area contributed by atoms with Gasteiger partial charge in [0.1, 0.15) is 0 Å². The van der Waals surface area contributed by atoms with Crippen molar-refractivity contribution < 1.29 is 0 Å². The van der Waals surface area contributed by atoms with Crippen LogP contribution in [0.2, 0.25) is 0 Å². The zero-order valence-electron chi connectivity index (χ0n) is 31.7. The number of anilines is 3. The molecule has 0 aliphatic carbocycles. The van der Waals surface area contributed by atoms with E-state index in [2.05, 4.69) is 229 Å². The molecule has 272 valence electrons. The molecule has 1 aromatic heterocycles. The van der Waals surface area contributed by atoms with E-state index in [9.17, 15) is 0 Å². The van der Waals surface area contributed by atoms with Crippen molar-refractivity contribution in [3.8, 4) is 44.5 Å². The van der Waals surface area contributed by atoms with Crippen LogP contribution in [0.15, 0.2) is 224 Å². The molecule has 0 radical (unpaired) electrons. The van der Waals surface area contributed by atoms with Crippen molar-refractivity contribution in [2.24, 2.45) is 0 Å². The van der Waals surface area contributed by atoms with Gasteiger partial charge in [-0.05, 0) is 121 Å². The van der Waals surface area contributed by atoms with E-state index < -0.39 is 0 Å². The van der Waals surface area contributed by atoms with Crippen molar-refractivity contribution in [3.05, 3.63) is 224 Å². The van der Waals surface area contributed by atoms with Crippen LogP contribution in [-0.2, 0) is 0 Å². The molecule has 0 aliphatic heterocycles. The van der Waals surface area contributed by atoms with E-state index in [4.69, 9.17) is 0 Å². The molecule has 0 atom stereocenters. The summed E-state index contributed by atoms with van der Waals surface area (Å²) in [6.45, 7) is 0. The van der Waals surface area contributed by atoms with Crippen LogP contribution in [0.5, 0.6) is 0 Å². The summed E-state index contributed by atoms with van der Waals surface area (Å²) < 4.78 is 2.64. The SMILES string of the molecule is c1cc(-c2ccc(N(c3ccc(-c4cccc5sc6ccccc6c45)cc3)c3cccc(-c4cccc5ccccc45)c3)cc2)cc(-c2cccc3ccccc23)c1. The summed E-state index contributed by atoms with van der Waals surface area (Å²) in [6.07, 6.45) is 0. The lowest BCUT2D eigenvalue weighted by Crippen LogP contribution is -2.10. The van der Waals surface area contributed by atoms with Gasteiger partial charge in [-0.1, -0.05) is 170 Å². The van der Waals surface area contributed by atoms with Gasteiger partial charge in [0.15, 0.2) is 0 Å². The summed E-state index contributed by atoms with van der Waals surface area (Å²) in [5.74, 6) is 0. The Balaban J connectivity index is 1.01. The minimum atomic E-state index is 1.10. The lowest BCUT2D eigenvalue weighted by molar-refractivity contribution is 1.28. The molecule has 0 fully saturated rings. The first-order valence-electron chi connectivity index (χ1n) is 19.8. The monoisotopic (exact) mass is 755 g/mol. The van der Waals surface area contributed by atoms with Crippen molar-refractivity contribution in [1.29, 1.82) is 0 Å². The van der Waals surface area contributed by atoms with Crippen LogP contribution in [0.4, 0.5) is 17.1 Å². The van der Waals surface area contributed by atoms with Crippen molar-refractivity contribution in [2.45, 2.75) is 0 Å². The fraction of sp³-hybridized carbons (Fsp3) is 0. The van der Waals surface area contributed by atoms with Gasteiger partial charge in [-0.25, -0.2) is 0 Å². The Morgan fingerprint density at radius 1 is 0.276 bits per heavy atom. The molecule has 0 saturated heterocycles. The minimum absolute atomic E-state index is 1.10. The highest BCUT2D eigenvalue weighted by molar-refractivity contribution is 7.25. The Hall–Kier alpha value is -7.26. The normalized spacial score (nSPS) is 11.4. The molecule has 10 aromatic carbocycles. The number of rotatable bonds is 7. The van der Waals surface area contributed by atoms with E-state index in [0.29, 0.717) is 0 Å². The highest BCUT2D eigenvalue weighted by Gasteiger charge is 2.17. The largest absolute Gasteiger partial charge is 0.310 e. The fourth-order valence-electron chi connectivity index (χ4n) is 8.69. The molecule has 0 amide bonds. The summed E-state index contributed by atoms with van der Waals surface area (Å²) >= 11 is 1.86. The van der Waals surface area contributed by atoms with Crippen LogP contribution in [0.3, 0.4) is 0 Å². The van der Waals surface area contributed by atoms with Gasteiger partial charge < -0.3 is 4.90 Å². The second kappa shape index (κ2) is 14.4. The highest BCUT2D eigenvalue weighted by atomic mass is 32.1. The number of hydrogen-bond acceptors (Lipinski definition) is 2. The van der Waals surface area contributed by atoms with E-state index in [-0.39, 0.29) is 0 Å². The summed E-state index contributed by atoms with van der Waals surface area (Å²) in [6, 6.07) is 81.9. The summed E-state index contributed by atoms with van der Waals surface area (Å²) in [5, 5.41) is 7.66. The maximum atomic E-state index is 2.38. The Morgan fingerprint density at radius 3 is 1.45 bits per heavy atom. The average Bonchev–Trinajstić information content (AvgIpc) is 3.69. The van der Waals surface area contributed by atoms with E-state index in [1.165, 1.54) is 86.2 Å². The zero-order chi connectivity index (χ0) is 38.4. The third kappa shape index (κ3) is 6.03. The second-order valence-electron chi connectivity index (χ2n) is 14.9. The number of benzene rings is 10. The van der Waals surface area contributed by atoms with Crippen LogP contribution in [0.1, 0.15) is 0 Å². The molecule has 11 rings (SSSR count). The molecule has 0 N–H and O–H groups in total. The van der Waals surface area contributed by atoms with Gasteiger partial charge in [0, 0.05) is 37.2 Å². The molecule has 58 heavy (non-hydrogen) atoms. The van der Waals surface area contributed by atoms with Crippen molar-refractivity contribution in [1.82, 2.24) is 0 Å². The molecular weight excluding hydrogens is 719 g/mol. The van der Waals surface area contributed by atoms with Crippen LogP contribution in [0.25, 0.3) is 86.2 Å². The molecule has 0 unspecified atom stereocenters. The molecule has 0 saturated carbocycles. The van der Waals surface area contributed by atoms with Gasteiger partial charge in [0.2, 0.25) is 0 Å². The van der Waals surface area contributed by atoms with Gasteiger partial charge in [-0.3, -0.25) is 0 Å². The predicted molar refractivity (Wildman–Crippen MR) is 251 cm³/mol. The molecule has 1 nitrogen and oxygen atoms in total. The topological polar surface area (TPSA) is 3.24 Å². The first kappa shape index (κ1) is 34.0. The fourth-order valence-corrected chi connectivity index (χ4v) is 9.82. The van der Waals surface area contributed by atoms with Crippen LogP contribution in [-0.4, -0.2) is 0 Å². The molecule has 11 aromatic rings. The Kier molecular flexibility index (Phi) is 8.42. The molecule has 1 heterocycles. The first-order valence-corrected chi connectivity index (χ1v) is 20.6.